The molecule has 0 radical (unpaired) electrons. The minimum absolute atomic E-state index is 0.0503. The molecule has 2 N–H and O–H groups in total. The van der Waals surface area contributed by atoms with E-state index in [1.54, 1.807) is 0 Å². The Hall–Kier alpha value is -1.65. The number of carbonyl (C=O) groups is 3. The van der Waals surface area contributed by atoms with Crippen molar-refractivity contribution in [1.29, 1.82) is 0 Å². The molecule has 17 heavy (non-hydrogen) atoms. The summed E-state index contributed by atoms with van der Waals surface area (Å²) in [7, 11) is 0. The standard InChI is InChI=1S/C12H14O5/c13-9-3-4-12(11(16)17)6-7(10(14)15)1-2-8(12)5-9/h5,7H,1-4,6H2,(H,14,15)(H,16,17)/t7?,12-/m1/s1. The van der Waals surface area contributed by atoms with Crippen molar-refractivity contribution in [3.8, 4) is 0 Å². The van der Waals surface area contributed by atoms with Crippen molar-refractivity contribution in [2.75, 3.05) is 0 Å². The molecule has 0 aromatic carbocycles. The maximum Gasteiger partial charge on any atom is 0.313 e. The van der Waals surface area contributed by atoms with Crippen molar-refractivity contribution in [3.63, 3.8) is 0 Å². The molecule has 0 aromatic heterocycles. The Morgan fingerprint density at radius 1 is 1.29 bits per heavy atom. The zero-order chi connectivity index (χ0) is 12.6. The predicted molar refractivity (Wildman–Crippen MR) is 57.4 cm³/mol. The third-order valence-electron chi connectivity index (χ3n) is 3.86. The largest absolute Gasteiger partial charge is 0.481 e. The number of ketones is 1. The van der Waals surface area contributed by atoms with Crippen molar-refractivity contribution in [1.82, 2.24) is 0 Å². The van der Waals surface area contributed by atoms with E-state index in [1.807, 2.05) is 0 Å². The summed E-state index contributed by atoms with van der Waals surface area (Å²) >= 11 is 0. The van der Waals surface area contributed by atoms with Crippen LogP contribution in [-0.4, -0.2) is 27.9 Å². The average Bonchev–Trinajstić information content (AvgIpc) is 2.27. The van der Waals surface area contributed by atoms with E-state index >= 15 is 0 Å². The van der Waals surface area contributed by atoms with Crippen LogP contribution >= 0.6 is 0 Å². The van der Waals surface area contributed by atoms with Crippen molar-refractivity contribution >= 4 is 17.7 Å². The summed E-state index contributed by atoms with van der Waals surface area (Å²) in [5.74, 6) is -2.61. The Kier molecular flexibility index (Phi) is 2.77. The fourth-order valence-corrected chi connectivity index (χ4v) is 2.84. The molecular formula is C12H14O5. The van der Waals surface area contributed by atoms with Gasteiger partial charge in [-0.25, -0.2) is 0 Å². The highest BCUT2D eigenvalue weighted by atomic mass is 16.4. The summed E-state index contributed by atoms with van der Waals surface area (Å²) in [5, 5.41) is 18.4. The van der Waals surface area contributed by atoms with E-state index in [4.69, 9.17) is 5.11 Å². The number of rotatable bonds is 2. The Balaban J connectivity index is 2.37. The fourth-order valence-electron chi connectivity index (χ4n) is 2.84. The molecule has 0 bridgehead atoms. The third-order valence-corrected chi connectivity index (χ3v) is 3.86. The van der Waals surface area contributed by atoms with Crippen LogP contribution in [0, 0.1) is 11.3 Å². The van der Waals surface area contributed by atoms with E-state index in [1.165, 1.54) is 6.08 Å². The van der Waals surface area contributed by atoms with Gasteiger partial charge in [-0.05, 0) is 37.3 Å². The first kappa shape index (κ1) is 11.8. The van der Waals surface area contributed by atoms with Crippen LogP contribution in [0.25, 0.3) is 0 Å². The summed E-state index contributed by atoms with van der Waals surface area (Å²) in [6.45, 7) is 0. The van der Waals surface area contributed by atoms with Crippen molar-refractivity contribution in [2.45, 2.75) is 32.1 Å². The smallest absolute Gasteiger partial charge is 0.313 e. The Morgan fingerprint density at radius 3 is 2.59 bits per heavy atom. The lowest BCUT2D eigenvalue weighted by molar-refractivity contribution is -0.152. The molecule has 92 valence electrons. The van der Waals surface area contributed by atoms with Gasteiger partial charge in [0.2, 0.25) is 0 Å². The van der Waals surface area contributed by atoms with Gasteiger partial charge in [-0.3, -0.25) is 14.4 Å². The summed E-state index contributed by atoms with van der Waals surface area (Å²) in [5.41, 5.74) is -0.506. The molecule has 0 amide bonds. The molecule has 0 spiro atoms. The van der Waals surface area contributed by atoms with Crippen molar-refractivity contribution < 1.29 is 24.6 Å². The van der Waals surface area contributed by atoms with Crippen LogP contribution in [0.3, 0.4) is 0 Å². The van der Waals surface area contributed by atoms with Gasteiger partial charge < -0.3 is 10.2 Å². The van der Waals surface area contributed by atoms with Gasteiger partial charge in [0.05, 0.1) is 11.3 Å². The number of hydrogen-bond donors (Lipinski definition) is 2. The summed E-state index contributed by atoms with van der Waals surface area (Å²) in [4.78, 5) is 33.7. The van der Waals surface area contributed by atoms with Crippen LogP contribution in [-0.2, 0) is 14.4 Å². The highest BCUT2D eigenvalue weighted by Crippen LogP contribution is 2.49. The van der Waals surface area contributed by atoms with Crippen LogP contribution in [0.4, 0.5) is 0 Å². The summed E-state index contributed by atoms with van der Waals surface area (Å²) < 4.78 is 0. The number of carboxylic acids is 2. The van der Waals surface area contributed by atoms with Gasteiger partial charge in [0, 0.05) is 6.42 Å². The third kappa shape index (κ3) is 1.85. The normalized spacial score (nSPS) is 32.6. The number of allylic oxidation sites excluding steroid dienone is 1. The van der Waals surface area contributed by atoms with Gasteiger partial charge in [-0.1, -0.05) is 0 Å². The Morgan fingerprint density at radius 2 is 2.00 bits per heavy atom. The van der Waals surface area contributed by atoms with E-state index in [9.17, 15) is 19.5 Å². The second kappa shape index (κ2) is 3.98. The van der Waals surface area contributed by atoms with Crippen LogP contribution in [0.2, 0.25) is 0 Å². The second-order valence-corrected chi connectivity index (χ2v) is 4.80. The summed E-state index contributed by atoms with van der Waals surface area (Å²) in [6, 6.07) is 0. The molecule has 0 aliphatic heterocycles. The molecule has 5 heteroatoms. The van der Waals surface area contributed by atoms with Gasteiger partial charge in [-0.2, -0.15) is 0 Å². The quantitative estimate of drug-likeness (QED) is 0.754. The lowest BCUT2D eigenvalue weighted by Gasteiger charge is -2.40. The van der Waals surface area contributed by atoms with E-state index in [-0.39, 0.29) is 25.0 Å². The minimum atomic E-state index is -1.12. The molecule has 0 heterocycles. The number of aliphatic carboxylic acids is 2. The molecule has 0 aromatic rings. The highest BCUT2D eigenvalue weighted by molar-refractivity contribution is 5.95. The van der Waals surface area contributed by atoms with E-state index in [0.717, 1.165) is 0 Å². The molecule has 1 unspecified atom stereocenters. The molecule has 2 atom stereocenters. The Labute approximate surface area is 98.1 Å². The summed E-state index contributed by atoms with van der Waals surface area (Å²) in [6.07, 6.45) is 2.77. The maximum absolute atomic E-state index is 11.4. The monoisotopic (exact) mass is 238 g/mol. The minimum Gasteiger partial charge on any atom is -0.481 e. The molecular weight excluding hydrogens is 224 g/mol. The zero-order valence-electron chi connectivity index (χ0n) is 9.31. The van der Waals surface area contributed by atoms with E-state index in [2.05, 4.69) is 0 Å². The second-order valence-electron chi connectivity index (χ2n) is 4.80. The van der Waals surface area contributed by atoms with Gasteiger partial charge in [-0.15, -0.1) is 0 Å². The van der Waals surface area contributed by atoms with Gasteiger partial charge in [0.1, 0.15) is 0 Å². The number of fused-ring (bicyclic) bond motifs is 1. The first-order valence-corrected chi connectivity index (χ1v) is 5.66. The lowest BCUT2D eigenvalue weighted by Crippen LogP contribution is -2.42. The van der Waals surface area contributed by atoms with Crippen LogP contribution in [0.5, 0.6) is 0 Å². The molecule has 1 fully saturated rings. The van der Waals surface area contributed by atoms with Crippen LogP contribution in [0.15, 0.2) is 11.6 Å². The molecule has 5 nitrogen and oxygen atoms in total. The van der Waals surface area contributed by atoms with Crippen molar-refractivity contribution in [2.24, 2.45) is 11.3 Å². The fraction of sp³-hybridized carbons (Fsp3) is 0.583. The van der Waals surface area contributed by atoms with Gasteiger partial charge in [0.15, 0.2) is 5.78 Å². The maximum atomic E-state index is 11.4. The van der Waals surface area contributed by atoms with Gasteiger partial charge >= 0.3 is 11.9 Å². The molecule has 0 saturated heterocycles. The highest BCUT2D eigenvalue weighted by Gasteiger charge is 2.49. The SMILES string of the molecule is O=C1C=C2CCC(C(=O)O)C[C@]2(C(=O)O)CC1. The molecule has 2 aliphatic rings. The molecule has 2 rings (SSSR count). The Bertz CT molecular complexity index is 423. The first-order chi connectivity index (χ1) is 7.95. The molecule has 2 aliphatic carbocycles. The zero-order valence-corrected chi connectivity index (χ0v) is 9.31. The number of carboxylic acid groups (broad SMARTS) is 2. The lowest BCUT2D eigenvalue weighted by atomic mass is 9.61. The van der Waals surface area contributed by atoms with Gasteiger partial charge in [0.25, 0.3) is 0 Å². The van der Waals surface area contributed by atoms with Crippen LogP contribution < -0.4 is 0 Å². The average molecular weight is 238 g/mol. The topological polar surface area (TPSA) is 91.7 Å². The van der Waals surface area contributed by atoms with E-state index < -0.39 is 23.3 Å². The van der Waals surface area contributed by atoms with E-state index in [0.29, 0.717) is 18.4 Å². The van der Waals surface area contributed by atoms with Crippen LogP contribution in [0.1, 0.15) is 32.1 Å². The predicted octanol–water partition coefficient (Wildman–Crippen LogP) is 1.23. The van der Waals surface area contributed by atoms with Crippen molar-refractivity contribution in [3.05, 3.63) is 11.6 Å². The first-order valence-electron chi connectivity index (χ1n) is 5.66. The molecule has 1 saturated carbocycles. The number of hydrogen-bond acceptors (Lipinski definition) is 3. The number of carbonyl (C=O) groups excluding carboxylic acids is 1.